The van der Waals surface area contributed by atoms with E-state index in [0.717, 1.165) is 0 Å². The van der Waals surface area contributed by atoms with E-state index in [1.807, 2.05) is 91.0 Å². The van der Waals surface area contributed by atoms with E-state index in [1.54, 1.807) is 109 Å². The first-order valence-electron chi connectivity index (χ1n) is 25.0. The van der Waals surface area contributed by atoms with Crippen LogP contribution in [0.3, 0.4) is 0 Å². The summed E-state index contributed by atoms with van der Waals surface area (Å²) in [4.78, 5) is 29.3. The molecule has 0 atom stereocenters. The summed E-state index contributed by atoms with van der Waals surface area (Å²) in [6.45, 7) is 0. The van der Waals surface area contributed by atoms with Crippen LogP contribution in [0.5, 0.6) is 34.5 Å². The molecule has 10 aromatic rings. The van der Waals surface area contributed by atoms with Crippen molar-refractivity contribution in [2.45, 2.75) is 0 Å². The van der Waals surface area contributed by atoms with Crippen molar-refractivity contribution in [3.63, 3.8) is 0 Å². The molecule has 0 aliphatic heterocycles. The van der Waals surface area contributed by atoms with E-state index >= 15 is 0 Å². The Bertz CT molecular complexity index is 3720. The van der Waals surface area contributed by atoms with Gasteiger partial charge in [0.1, 0.15) is 34.5 Å². The van der Waals surface area contributed by atoms with Gasteiger partial charge in [-0.3, -0.25) is 15.0 Å². The van der Waals surface area contributed by atoms with Crippen molar-refractivity contribution < 1.29 is 30.6 Å². The lowest BCUT2D eigenvalue weighted by molar-refractivity contribution is 0.424. The third kappa shape index (κ3) is 12.4. The van der Waals surface area contributed by atoms with Crippen molar-refractivity contribution in [2.75, 3.05) is 0 Å². The van der Waals surface area contributed by atoms with E-state index in [2.05, 4.69) is 0 Å². The number of aliphatic imine (C=N–C) groups is 6. The Kier molecular flexibility index (Phi) is 16.5. The van der Waals surface area contributed by atoms with E-state index in [4.69, 9.17) is 64.8 Å². The third-order valence-electron chi connectivity index (χ3n) is 12.7. The van der Waals surface area contributed by atoms with E-state index in [0.29, 0.717) is 99.7 Å². The zero-order valence-corrected chi connectivity index (χ0v) is 44.8. The Morgan fingerprint density at radius 2 is 0.519 bits per heavy atom. The number of para-hydroxylation sites is 6. The molecule has 10 rings (SSSR count). The van der Waals surface area contributed by atoms with Gasteiger partial charge in [0, 0.05) is 67.1 Å². The topological polar surface area (TPSA) is 196 Å². The van der Waals surface area contributed by atoms with Gasteiger partial charge in [-0.25, -0.2) is 15.0 Å². The number of benzene rings is 10. The molecule has 0 aromatic heterocycles. The van der Waals surface area contributed by atoms with Crippen molar-refractivity contribution >= 4 is 105 Å². The first-order chi connectivity index (χ1) is 39.4. The monoisotopic (exact) mass is 1120 g/mol. The molecule has 12 nitrogen and oxygen atoms in total. The Labute approximate surface area is 480 Å². The Balaban J connectivity index is 1.13. The average molecular weight is 1120 g/mol. The highest BCUT2D eigenvalue weighted by molar-refractivity contribution is 6.32. The standard InChI is InChI=1S/C66H45Cl3N6O6/c67-43-28-31-58(76)46(34-43)61(40-16-4-1-5-17-40)73-55-25-13-10-22-52(55)70-37-49-64(79)50(38-71-53-23-11-14-26-56(53)74-62(41-18-6-2-7-19-41)47-35-44(68)29-32-59(47)77)66(81)51(65(49)80)39-72-54-24-12-15-27-57(54)75-63(42-20-8-3-9-21-42)48-36-45(69)30-33-60(48)78/h1-39,76-81H. The molecule has 15 heteroatoms. The Morgan fingerprint density at radius 3 is 0.778 bits per heavy atom. The number of halogens is 3. The van der Waals surface area contributed by atoms with Gasteiger partial charge in [-0.15, -0.1) is 0 Å². The molecule has 6 N–H and O–H groups in total. The first-order valence-corrected chi connectivity index (χ1v) is 26.1. The molecule has 0 radical (unpaired) electrons. The van der Waals surface area contributed by atoms with Crippen molar-refractivity contribution in [3.8, 4) is 34.5 Å². The fraction of sp³-hybridized carbons (Fsp3) is 0. The van der Waals surface area contributed by atoms with Gasteiger partial charge in [0.25, 0.3) is 0 Å². The second kappa shape index (κ2) is 24.7. The molecule has 81 heavy (non-hydrogen) atoms. The molecule has 0 amide bonds. The molecule has 396 valence electrons. The van der Waals surface area contributed by atoms with Crippen LogP contribution in [0.4, 0.5) is 34.1 Å². The summed E-state index contributed by atoms with van der Waals surface area (Å²) in [5.41, 5.74) is 5.54. The highest BCUT2D eigenvalue weighted by Crippen LogP contribution is 2.43. The number of rotatable bonds is 15. The van der Waals surface area contributed by atoms with Crippen LogP contribution in [0.2, 0.25) is 15.1 Å². The maximum absolute atomic E-state index is 12.2. The summed E-state index contributed by atoms with van der Waals surface area (Å²) in [6, 6.07) is 62.5. The smallest absolute Gasteiger partial charge is 0.140 e. The molecule has 0 fully saturated rings. The minimum Gasteiger partial charge on any atom is -0.507 e. The van der Waals surface area contributed by atoms with Crippen LogP contribution >= 0.6 is 34.8 Å². The van der Waals surface area contributed by atoms with Crippen molar-refractivity contribution in [1.29, 1.82) is 0 Å². The molecular weight excluding hydrogens is 1080 g/mol. The summed E-state index contributed by atoms with van der Waals surface area (Å²) < 4.78 is 0. The van der Waals surface area contributed by atoms with Gasteiger partial charge in [-0.05, 0) is 91.0 Å². The summed E-state index contributed by atoms with van der Waals surface area (Å²) in [7, 11) is 0. The normalized spacial score (nSPS) is 12.3. The highest BCUT2D eigenvalue weighted by atomic mass is 35.5. The van der Waals surface area contributed by atoms with Crippen LogP contribution in [-0.2, 0) is 0 Å². The highest BCUT2D eigenvalue weighted by Gasteiger charge is 2.23. The van der Waals surface area contributed by atoms with Gasteiger partial charge in [0.15, 0.2) is 0 Å². The van der Waals surface area contributed by atoms with Gasteiger partial charge in [-0.2, -0.15) is 0 Å². The number of hydrogen-bond acceptors (Lipinski definition) is 12. The van der Waals surface area contributed by atoms with Crippen LogP contribution in [0.1, 0.15) is 50.1 Å². The lowest BCUT2D eigenvalue weighted by Gasteiger charge is -2.14. The number of phenols is 6. The quantitative estimate of drug-likeness (QED) is 0.0553. The van der Waals surface area contributed by atoms with Crippen LogP contribution < -0.4 is 0 Å². The predicted octanol–water partition coefficient (Wildman–Crippen LogP) is 16.6. The molecule has 0 spiro atoms. The summed E-state index contributed by atoms with van der Waals surface area (Å²) in [5.74, 6) is -1.95. The molecule has 0 unspecified atom stereocenters. The van der Waals surface area contributed by atoms with Gasteiger partial charge in [-0.1, -0.05) is 162 Å². The molecule has 0 aliphatic carbocycles. The summed E-state index contributed by atoms with van der Waals surface area (Å²) in [6.07, 6.45) is 3.70. The lowest BCUT2D eigenvalue weighted by Crippen LogP contribution is -2.03. The third-order valence-corrected chi connectivity index (χ3v) is 13.4. The largest absolute Gasteiger partial charge is 0.507 e. The number of phenolic OH excluding ortho intramolecular Hbond substituents is 6. The maximum Gasteiger partial charge on any atom is 0.140 e. The van der Waals surface area contributed by atoms with Crippen molar-refractivity contribution in [3.05, 3.63) is 284 Å². The molecule has 0 saturated heterocycles. The minimum absolute atomic E-state index is 0.0526. The predicted molar refractivity (Wildman–Crippen MR) is 327 cm³/mol. The second-order valence-corrected chi connectivity index (χ2v) is 19.3. The zero-order valence-electron chi connectivity index (χ0n) is 42.5. The number of aromatic hydroxyl groups is 6. The SMILES string of the molecule is Oc1ccc(Cl)cc1C(=Nc1ccccc1N=Cc1c(O)c(C=Nc2ccccc2N=C(c2ccccc2)c2cc(Cl)ccc2O)c(O)c(C=Nc2ccccc2N=C(c2ccccc2)c2cc(Cl)ccc2O)c1O)c1ccccc1. The fourth-order valence-electron chi connectivity index (χ4n) is 8.63. The Morgan fingerprint density at radius 1 is 0.284 bits per heavy atom. The van der Waals surface area contributed by atoms with Gasteiger partial charge < -0.3 is 30.6 Å². The molecule has 0 aliphatic rings. The number of hydrogen-bond donors (Lipinski definition) is 6. The maximum atomic E-state index is 12.2. The summed E-state index contributed by atoms with van der Waals surface area (Å²) >= 11 is 19.3. The van der Waals surface area contributed by atoms with Crippen LogP contribution in [-0.4, -0.2) is 66.4 Å². The Hall–Kier alpha value is -10.1. The van der Waals surface area contributed by atoms with Gasteiger partial charge >= 0.3 is 0 Å². The second-order valence-electron chi connectivity index (χ2n) is 18.0. The van der Waals surface area contributed by atoms with Crippen LogP contribution in [0.25, 0.3) is 0 Å². The minimum atomic E-state index is -0.599. The van der Waals surface area contributed by atoms with Crippen LogP contribution in [0.15, 0.2) is 248 Å². The van der Waals surface area contributed by atoms with E-state index in [9.17, 15) is 30.6 Å². The van der Waals surface area contributed by atoms with Gasteiger partial charge in [0.05, 0.1) is 67.9 Å². The molecular formula is C66H45Cl3N6O6. The van der Waals surface area contributed by atoms with Crippen LogP contribution in [0, 0.1) is 0 Å². The fourth-order valence-corrected chi connectivity index (χ4v) is 9.14. The first kappa shape index (κ1) is 54.3. The van der Waals surface area contributed by atoms with Crippen molar-refractivity contribution in [1.82, 2.24) is 0 Å². The van der Waals surface area contributed by atoms with E-state index in [-0.39, 0.29) is 33.9 Å². The van der Waals surface area contributed by atoms with E-state index in [1.165, 1.54) is 36.8 Å². The zero-order chi connectivity index (χ0) is 56.4. The molecule has 0 saturated carbocycles. The number of nitrogens with zero attached hydrogens (tertiary/aromatic N) is 6. The molecule has 10 aromatic carbocycles. The lowest BCUT2D eigenvalue weighted by atomic mass is 10.0. The van der Waals surface area contributed by atoms with Gasteiger partial charge in [0.2, 0.25) is 0 Å². The summed E-state index contributed by atoms with van der Waals surface area (Å²) in [5, 5.41) is 71.0. The average Bonchev–Trinajstić information content (AvgIpc) is 3.49. The van der Waals surface area contributed by atoms with E-state index < -0.39 is 17.2 Å². The molecule has 0 heterocycles. The van der Waals surface area contributed by atoms with Crippen molar-refractivity contribution in [2.24, 2.45) is 30.0 Å². The molecule has 0 bridgehead atoms.